The lowest BCUT2D eigenvalue weighted by atomic mass is 10.0. The van der Waals surface area contributed by atoms with Crippen molar-refractivity contribution < 1.29 is 47.2 Å². The quantitative estimate of drug-likeness (QED) is 0.268. The molecule has 1 aliphatic carbocycles. The van der Waals surface area contributed by atoms with E-state index < -0.39 is 40.9 Å². The van der Waals surface area contributed by atoms with Gasteiger partial charge < -0.3 is 34.5 Å². The summed E-state index contributed by atoms with van der Waals surface area (Å²) in [6.45, 7) is 0.101. The molecule has 0 aromatic heterocycles. The second kappa shape index (κ2) is 14.8. The third kappa shape index (κ3) is 8.24. The monoisotopic (exact) mass is 620 g/mol. The maximum absolute atomic E-state index is 13.9. The number of alkyl carbamates (subject to hydrolysis) is 1. The number of benzene rings is 2. The van der Waals surface area contributed by atoms with Crippen LogP contribution in [0.4, 0.5) is 4.79 Å². The first kappa shape index (κ1) is 31.6. The Balaban J connectivity index is 1.34. The van der Waals surface area contributed by atoms with E-state index in [0.717, 1.165) is 29.3 Å². The number of rotatable bonds is 14. The number of nitrogens with one attached hydrogen (secondary N) is 1. The predicted molar refractivity (Wildman–Crippen MR) is 153 cm³/mol. The molecule has 2 heterocycles. The molecule has 2 aromatic carbocycles. The zero-order valence-corrected chi connectivity index (χ0v) is 24.8. The molecule has 0 spiro atoms. The number of aliphatic hydroxyl groups excluding tert-OH is 2. The van der Waals surface area contributed by atoms with Gasteiger partial charge in [0, 0.05) is 6.07 Å². The van der Waals surface area contributed by atoms with Gasteiger partial charge in [-0.1, -0.05) is 53.7 Å². The van der Waals surface area contributed by atoms with Gasteiger partial charge in [-0.25, -0.2) is 13.2 Å². The van der Waals surface area contributed by atoms with E-state index in [2.05, 4.69) is 5.32 Å². The lowest BCUT2D eigenvalue weighted by Gasteiger charge is -2.31. The lowest BCUT2D eigenvalue weighted by Crippen LogP contribution is -2.51. The highest BCUT2D eigenvalue weighted by Crippen LogP contribution is 2.33. The molecule has 0 radical (unpaired) electrons. The molecule has 3 N–H and O–H groups in total. The summed E-state index contributed by atoms with van der Waals surface area (Å²) in [4.78, 5) is 19.0. The second-order valence-corrected chi connectivity index (χ2v) is 12.9. The number of hydroxylamine groups is 1. The van der Waals surface area contributed by atoms with E-state index in [-0.39, 0.29) is 55.2 Å². The van der Waals surface area contributed by atoms with Gasteiger partial charge in [-0.3, -0.25) is 4.84 Å². The van der Waals surface area contributed by atoms with Crippen LogP contribution in [0.1, 0.15) is 37.7 Å². The molecule has 5 rings (SSSR count). The first-order valence-corrected chi connectivity index (χ1v) is 16.2. The van der Waals surface area contributed by atoms with Crippen LogP contribution in [0.3, 0.4) is 0 Å². The van der Waals surface area contributed by atoms with Crippen molar-refractivity contribution in [3.63, 3.8) is 0 Å². The maximum atomic E-state index is 13.9. The fourth-order valence-electron chi connectivity index (χ4n) is 5.67. The number of nitrogens with zero attached hydrogens (tertiary/aromatic N) is 1. The van der Waals surface area contributed by atoms with Gasteiger partial charge in [0.05, 0.1) is 55.4 Å². The number of ether oxygens (including phenoxy) is 4. The van der Waals surface area contributed by atoms with E-state index in [9.17, 15) is 18.3 Å². The minimum absolute atomic E-state index is 0.00878. The van der Waals surface area contributed by atoms with Gasteiger partial charge in [-0.2, -0.15) is 0 Å². The summed E-state index contributed by atoms with van der Waals surface area (Å²) in [6.07, 6.45) is 0.843. The number of fused-ring (bicyclic) bond motifs is 1. The highest BCUT2D eigenvalue weighted by Gasteiger charge is 2.44. The average Bonchev–Trinajstić information content (AvgIpc) is 3.77. The zero-order valence-electron chi connectivity index (χ0n) is 24.0. The Hall–Kier alpha value is -2.78. The van der Waals surface area contributed by atoms with Crippen molar-refractivity contribution in [1.29, 1.82) is 0 Å². The van der Waals surface area contributed by atoms with E-state index in [1.54, 1.807) is 6.07 Å². The van der Waals surface area contributed by atoms with E-state index >= 15 is 0 Å². The van der Waals surface area contributed by atoms with Crippen LogP contribution in [0, 0.1) is 5.92 Å². The zero-order chi connectivity index (χ0) is 30.2. The van der Waals surface area contributed by atoms with Gasteiger partial charge >= 0.3 is 6.09 Å². The van der Waals surface area contributed by atoms with Crippen LogP contribution >= 0.6 is 0 Å². The third-order valence-electron chi connectivity index (χ3n) is 7.95. The highest BCUT2D eigenvalue weighted by molar-refractivity contribution is 7.89. The summed E-state index contributed by atoms with van der Waals surface area (Å²) in [5.41, 5.74) is 0.833. The van der Waals surface area contributed by atoms with Crippen LogP contribution < -0.4 is 10.1 Å². The Kier molecular flexibility index (Phi) is 10.9. The van der Waals surface area contributed by atoms with Crippen LogP contribution in [-0.4, -0.2) is 92.8 Å². The Bertz CT molecular complexity index is 1290. The fourth-order valence-corrected chi connectivity index (χ4v) is 7.00. The van der Waals surface area contributed by atoms with Gasteiger partial charge in [0.1, 0.15) is 18.5 Å². The first-order chi connectivity index (χ1) is 20.8. The number of sulfonamides is 1. The van der Waals surface area contributed by atoms with Gasteiger partial charge in [0.25, 0.3) is 10.0 Å². The molecular weight excluding hydrogens is 580 g/mol. The van der Waals surface area contributed by atoms with Crippen molar-refractivity contribution in [3.8, 4) is 5.75 Å². The van der Waals surface area contributed by atoms with Crippen LogP contribution in [0.25, 0.3) is 0 Å². The minimum atomic E-state index is -4.26. The number of carbonyl (C=O) groups excluding carboxylic acids is 1. The molecule has 1 unspecified atom stereocenters. The van der Waals surface area contributed by atoms with Crippen LogP contribution in [-0.2, 0) is 35.5 Å². The smallest absolute Gasteiger partial charge is 0.407 e. The summed E-state index contributed by atoms with van der Waals surface area (Å²) < 4.78 is 50.7. The number of hydrogen-bond donors (Lipinski definition) is 3. The Morgan fingerprint density at radius 2 is 1.86 bits per heavy atom. The summed E-state index contributed by atoms with van der Waals surface area (Å²) >= 11 is 0. The molecule has 1 amide bonds. The van der Waals surface area contributed by atoms with Crippen molar-refractivity contribution in [2.75, 3.05) is 33.0 Å². The first-order valence-electron chi connectivity index (χ1n) is 14.8. The Morgan fingerprint density at radius 1 is 1.07 bits per heavy atom. The molecule has 2 aromatic rings. The van der Waals surface area contributed by atoms with Crippen molar-refractivity contribution in [2.24, 2.45) is 5.92 Å². The average molecular weight is 621 g/mol. The largest absolute Gasteiger partial charge is 0.491 e. The summed E-state index contributed by atoms with van der Waals surface area (Å²) in [7, 11) is -4.26. The van der Waals surface area contributed by atoms with Crippen molar-refractivity contribution in [2.45, 2.75) is 74.1 Å². The van der Waals surface area contributed by atoms with Crippen LogP contribution in [0.2, 0.25) is 0 Å². The number of aliphatic hydroxyl groups is 2. The van der Waals surface area contributed by atoms with Gasteiger partial charge in [-0.15, -0.1) is 0 Å². The molecule has 5 atom stereocenters. The highest BCUT2D eigenvalue weighted by atomic mass is 32.2. The molecule has 1 saturated carbocycles. The normalized spacial score (nSPS) is 23.7. The van der Waals surface area contributed by atoms with E-state index in [0.29, 0.717) is 19.4 Å². The predicted octanol–water partition coefficient (Wildman–Crippen LogP) is 2.38. The van der Waals surface area contributed by atoms with Crippen molar-refractivity contribution in [3.05, 3.63) is 60.2 Å². The Labute approximate surface area is 251 Å². The Morgan fingerprint density at radius 3 is 2.63 bits per heavy atom. The maximum Gasteiger partial charge on any atom is 0.407 e. The third-order valence-corrected chi connectivity index (χ3v) is 9.57. The van der Waals surface area contributed by atoms with E-state index in [1.807, 2.05) is 30.3 Å². The van der Waals surface area contributed by atoms with Gasteiger partial charge in [0.2, 0.25) is 0 Å². The standard InChI is InChI=1S/C30H40N2O10S/c33-14-16-38-23-11-6-12-24(18-23)43(36,37)32(42-22-9-4-5-10-22)19-27(34)26(17-21-7-2-1-3-8-21)31-30(35)41-28-20-40-29-25(28)13-15-39-29/h1-3,6-8,11-12,18,22,25-29,33-34H,4-5,9-10,13-17,19-20H2,(H,31,35)/t25-,26-,27+,28?,29+/m0/s1. The summed E-state index contributed by atoms with van der Waals surface area (Å²) in [5.74, 6) is 0.217. The molecule has 3 aliphatic rings. The summed E-state index contributed by atoms with van der Waals surface area (Å²) in [6, 6.07) is 14.3. The number of hydrogen-bond acceptors (Lipinski definition) is 10. The van der Waals surface area contributed by atoms with Crippen LogP contribution in [0.15, 0.2) is 59.5 Å². The molecule has 2 aliphatic heterocycles. The molecule has 236 valence electrons. The topological polar surface area (TPSA) is 153 Å². The number of amides is 1. The van der Waals surface area contributed by atoms with Crippen LogP contribution in [0.5, 0.6) is 5.75 Å². The molecule has 0 bridgehead atoms. The molecule has 13 heteroatoms. The van der Waals surface area contributed by atoms with Gasteiger partial charge in [-0.05, 0) is 43.4 Å². The molecular formula is C30H40N2O10S. The number of carbonyl (C=O) groups is 1. The lowest BCUT2D eigenvalue weighted by molar-refractivity contribution is -0.145. The van der Waals surface area contributed by atoms with E-state index in [1.165, 1.54) is 18.2 Å². The fraction of sp³-hybridized carbons (Fsp3) is 0.567. The molecule has 3 fully saturated rings. The molecule has 12 nitrogen and oxygen atoms in total. The second-order valence-electron chi connectivity index (χ2n) is 11.0. The molecule has 2 saturated heterocycles. The summed E-state index contributed by atoms with van der Waals surface area (Å²) in [5, 5.41) is 23.4. The molecule has 43 heavy (non-hydrogen) atoms. The minimum Gasteiger partial charge on any atom is -0.491 e. The van der Waals surface area contributed by atoms with Crippen molar-refractivity contribution in [1.82, 2.24) is 9.79 Å². The van der Waals surface area contributed by atoms with E-state index in [4.69, 9.17) is 28.9 Å². The SMILES string of the molecule is O=C(N[C@@H](Cc1ccccc1)[C@H](O)CN(OC1CCCC1)S(=O)(=O)c1cccc(OCCO)c1)OC1CO[C@H]2OCC[C@@H]12. The van der Waals surface area contributed by atoms with Crippen molar-refractivity contribution >= 4 is 16.1 Å². The van der Waals surface area contributed by atoms with Gasteiger partial charge in [0.15, 0.2) is 6.29 Å².